The lowest BCUT2D eigenvalue weighted by atomic mass is 10.1. The Balaban J connectivity index is 2.42. The van der Waals surface area contributed by atoms with Gasteiger partial charge in [0.1, 0.15) is 11.7 Å². The van der Waals surface area contributed by atoms with E-state index in [1.54, 1.807) is 24.3 Å². The predicted octanol–water partition coefficient (Wildman–Crippen LogP) is 2.09. The molecule has 1 aromatic carbocycles. The van der Waals surface area contributed by atoms with E-state index in [0.717, 1.165) is 5.39 Å². The lowest BCUT2D eigenvalue weighted by molar-refractivity contribution is -0.138. The van der Waals surface area contributed by atoms with Gasteiger partial charge >= 0.3 is 5.97 Å². The minimum absolute atomic E-state index is 0.160. The number of fused-ring (bicyclic) bond motifs is 1. The second-order valence-electron chi connectivity index (χ2n) is 4.06. The fraction of sp³-hybridized carbons (Fsp3) is 0.154. The Morgan fingerprint density at radius 2 is 2.11 bits per heavy atom. The van der Waals surface area contributed by atoms with E-state index in [1.165, 1.54) is 13.1 Å². The maximum absolute atomic E-state index is 12.0. The maximum atomic E-state index is 12.0. The number of carbonyl (C=O) groups excluding carboxylic acids is 1. The summed E-state index contributed by atoms with van der Waals surface area (Å²) in [6, 6.07) is 5.89. The van der Waals surface area contributed by atoms with Crippen LogP contribution in [0.5, 0.6) is 0 Å². The average molecular weight is 279 g/mol. The van der Waals surface area contributed by atoms with Gasteiger partial charge in [-0.15, -0.1) is 0 Å². The van der Waals surface area contributed by atoms with Crippen molar-refractivity contribution in [3.63, 3.8) is 0 Å². The number of hydrogen-bond acceptors (Lipinski definition) is 3. The summed E-state index contributed by atoms with van der Waals surface area (Å²) in [6.07, 6.45) is 1.50. The largest absolute Gasteiger partial charge is 0.480 e. The quantitative estimate of drug-likeness (QED) is 0.901. The van der Waals surface area contributed by atoms with Crippen LogP contribution in [0, 0.1) is 0 Å². The summed E-state index contributed by atoms with van der Waals surface area (Å²) in [7, 11) is 0. The van der Waals surface area contributed by atoms with Gasteiger partial charge in [0.15, 0.2) is 0 Å². The monoisotopic (exact) mass is 278 g/mol. The first kappa shape index (κ1) is 13.3. The smallest absolute Gasteiger partial charge is 0.325 e. The van der Waals surface area contributed by atoms with E-state index in [4.69, 9.17) is 16.7 Å². The number of carbonyl (C=O) groups is 2. The van der Waals surface area contributed by atoms with Crippen molar-refractivity contribution >= 4 is 34.2 Å². The molecule has 5 nitrogen and oxygen atoms in total. The number of carboxylic acids is 1. The number of halogens is 1. The van der Waals surface area contributed by atoms with Crippen molar-refractivity contribution in [2.24, 2.45) is 0 Å². The van der Waals surface area contributed by atoms with Crippen LogP contribution in [0.3, 0.4) is 0 Å². The van der Waals surface area contributed by atoms with Crippen LogP contribution < -0.4 is 5.32 Å². The van der Waals surface area contributed by atoms with Crippen LogP contribution in [0.25, 0.3) is 10.8 Å². The molecule has 1 heterocycles. The number of aromatic nitrogens is 1. The summed E-state index contributed by atoms with van der Waals surface area (Å²) in [4.78, 5) is 26.7. The number of nitrogens with one attached hydrogen (secondary N) is 1. The normalized spacial score (nSPS) is 12.1. The molecule has 98 valence electrons. The van der Waals surface area contributed by atoms with Crippen molar-refractivity contribution in [1.82, 2.24) is 10.3 Å². The molecule has 1 aromatic heterocycles. The van der Waals surface area contributed by atoms with Crippen LogP contribution in [-0.4, -0.2) is 28.0 Å². The fourth-order valence-corrected chi connectivity index (χ4v) is 1.82. The minimum atomic E-state index is -1.10. The Bertz CT molecular complexity index is 657. The number of carboxylic acid groups (broad SMARTS) is 1. The molecule has 1 unspecified atom stereocenters. The first-order valence-electron chi connectivity index (χ1n) is 5.57. The Labute approximate surface area is 114 Å². The second kappa shape index (κ2) is 5.24. The molecule has 2 N–H and O–H groups in total. The molecule has 0 fully saturated rings. The van der Waals surface area contributed by atoms with E-state index in [9.17, 15) is 9.59 Å². The number of benzene rings is 1. The number of nitrogens with zero attached hydrogens (tertiary/aromatic N) is 1. The summed E-state index contributed by atoms with van der Waals surface area (Å²) in [5.74, 6) is -1.64. The zero-order valence-electron chi connectivity index (χ0n) is 10.1. The molecule has 6 heteroatoms. The highest BCUT2D eigenvalue weighted by molar-refractivity contribution is 6.31. The van der Waals surface area contributed by atoms with Crippen molar-refractivity contribution in [1.29, 1.82) is 0 Å². The third-order valence-electron chi connectivity index (χ3n) is 2.66. The highest BCUT2D eigenvalue weighted by Crippen LogP contribution is 2.21. The summed E-state index contributed by atoms with van der Waals surface area (Å²) in [5, 5.41) is 13.0. The van der Waals surface area contributed by atoms with Gasteiger partial charge in [0, 0.05) is 16.6 Å². The summed E-state index contributed by atoms with van der Waals surface area (Å²) < 4.78 is 0. The van der Waals surface area contributed by atoms with Crippen LogP contribution in [0.2, 0.25) is 5.02 Å². The highest BCUT2D eigenvalue weighted by atomic mass is 35.5. The fourth-order valence-electron chi connectivity index (χ4n) is 1.65. The number of pyridine rings is 1. The van der Waals surface area contributed by atoms with Crippen LogP contribution in [0.15, 0.2) is 30.5 Å². The zero-order chi connectivity index (χ0) is 14.0. The molecular formula is C13H11ClN2O3. The molecule has 1 amide bonds. The van der Waals surface area contributed by atoms with E-state index < -0.39 is 17.9 Å². The molecule has 0 aliphatic carbocycles. The van der Waals surface area contributed by atoms with E-state index in [0.29, 0.717) is 10.4 Å². The Morgan fingerprint density at radius 3 is 2.79 bits per heavy atom. The first-order chi connectivity index (χ1) is 8.99. The number of hydrogen-bond donors (Lipinski definition) is 2. The van der Waals surface area contributed by atoms with Crippen molar-refractivity contribution < 1.29 is 14.7 Å². The van der Waals surface area contributed by atoms with Crippen molar-refractivity contribution in [3.8, 4) is 0 Å². The molecular weight excluding hydrogens is 268 g/mol. The van der Waals surface area contributed by atoms with Gasteiger partial charge in [-0.25, -0.2) is 0 Å². The Hall–Kier alpha value is -2.14. The average Bonchev–Trinajstić information content (AvgIpc) is 2.37. The molecule has 2 rings (SSSR count). The molecule has 1 atom stereocenters. The molecule has 0 bridgehead atoms. The minimum Gasteiger partial charge on any atom is -0.480 e. The van der Waals surface area contributed by atoms with Crippen molar-refractivity contribution in [2.45, 2.75) is 13.0 Å². The van der Waals surface area contributed by atoms with Crippen LogP contribution in [-0.2, 0) is 4.79 Å². The predicted molar refractivity (Wildman–Crippen MR) is 71.3 cm³/mol. The van der Waals surface area contributed by atoms with Gasteiger partial charge in [-0.2, -0.15) is 0 Å². The molecule has 0 saturated carbocycles. The van der Waals surface area contributed by atoms with Gasteiger partial charge < -0.3 is 10.4 Å². The molecule has 0 aliphatic heterocycles. The Morgan fingerprint density at radius 1 is 1.37 bits per heavy atom. The standard InChI is InChI=1S/C13H11ClN2O3/c1-7(13(18)19)16-12(17)11-10-6-9(14)3-2-8(10)4-5-15-11/h2-7H,1H3,(H,16,17)(H,18,19). The molecule has 0 aliphatic rings. The van der Waals surface area contributed by atoms with E-state index >= 15 is 0 Å². The number of rotatable bonds is 3. The van der Waals surface area contributed by atoms with Crippen LogP contribution in [0.1, 0.15) is 17.4 Å². The van der Waals surface area contributed by atoms with Gasteiger partial charge in [0.25, 0.3) is 5.91 Å². The van der Waals surface area contributed by atoms with Crippen molar-refractivity contribution in [2.75, 3.05) is 0 Å². The van der Waals surface area contributed by atoms with E-state index in [-0.39, 0.29) is 5.69 Å². The number of aliphatic carboxylic acids is 1. The third kappa shape index (κ3) is 2.82. The third-order valence-corrected chi connectivity index (χ3v) is 2.90. The molecule has 2 aromatic rings. The molecule has 0 radical (unpaired) electrons. The van der Waals surface area contributed by atoms with Gasteiger partial charge in [-0.05, 0) is 30.5 Å². The number of amides is 1. The van der Waals surface area contributed by atoms with Gasteiger partial charge in [-0.3, -0.25) is 14.6 Å². The maximum Gasteiger partial charge on any atom is 0.325 e. The summed E-state index contributed by atoms with van der Waals surface area (Å²) in [5.41, 5.74) is 0.160. The summed E-state index contributed by atoms with van der Waals surface area (Å²) in [6.45, 7) is 1.39. The van der Waals surface area contributed by atoms with Crippen LogP contribution in [0.4, 0.5) is 0 Å². The first-order valence-corrected chi connectivity index (χ1v) is 5.95. The van der Waals surface area contributed by atoms with Crippen LogP contribution >= 0.6 is 11.6 Å². The molecule has 0 saturated heterocycles. The lowest BCUT2D eigenvalue weighted by Crippen LogP contribution is -2.38. The SMILES string of the molecule is CC(NC(=O)c1nccc2ccc(Cl)cc12)C(=O)O. The van der Waals surface area contributed by atoms with E-state index in [2.05, 4.69) is 10.3 Å². The Kier molecular flexibility index (Phi) is 3.66. The zero-order valence-corrected chi connectivity index (χ0v) is 10.8. The lowest BCUT2D eigenvalue weighted by Gasteiger charge is -2.10. The summed E-state index contributed by atoms with van der Waals surface area (Å²) >= 11 is 5.90. The molecule has 0 spiro atoms. The van der Waals surface area contributed by atoms with Gasteiger partial charge in [0.05, 0.1) is 0 Å². The van der Waals surface area contributed by atoms with Gasteiger partial charge in [0.2, 0.25) is 0 Å². The highest BCUT2D eigenvalue weighted by Gasteiger charge is 2.18. The molecule has 19 heavy (non-hydrogen) atoms. The van der Waals surface area contributed by atoms with Crippen molar-refractivity contribution in [3.05, 3.63) is 41.2 Å². The van der Waals surface area contributed by atoms with E-state index in [1.807, 2.05) is 0 Å². The second-order valence-corrected chi connectivity index (χ2v) is 4.49. The topological polar surface area (TPSA) is 79.3 Å². The van der Waals surface area contributed by atoms with Gasteiger partial charge in [-0.1, -0.05) is 17.7 Å².